The fourth-order valence-corrected chi connectivity index (χ4v) is 5.62. The molecule has 45 heavy (non-hydrogen) atoms. The number of hydrogen-bond acceptors (Lipinski definition) is 8. The lowest BCUT2D eigenvalue weighted by molar-refractivity contribution is -0.139. The first-order valence-electron chi connectivity index (χ1n) is 14.3. The predicted molar refractivity (Wildman–Crippen MR) is 160 cm³/mol. The minimum absolute atomic E-state index is 0.0109. The lowest BCUT2D eigenvalue weighted by Gasteiger charge is -2.37. The van der Waals surface area contributed by atoms with E-state index in [9.17, 15) is 19.2 Å². The minimum atomic E-state index is -1.02. The number of imidazole rings is 1. The number of nitriles is 1. The first-order valence-corrected chi connectivity index (χ1v) is 14.7. The second kappa shape index (κ2) is 12.8. The van der Waals surface area contributed by atoms with Gasteiger partial charge in [-0.25, -0.2) is 13.8 Å². The number of hydrogen-bond donors (Lipinski definition) is 3. The third-order valence-corrected chi connectivity index (χ3v) is 8.07. The predicted octanol–water partition coefficient (Wildman–Crippen LogP) is 4.12. The van der Waals surface area contributed by atoms with Gasteiger partial charge in [0.05, 0.1) is 29.8 Å². The van der Waals surface area contributed by atoms with Crippen LogP contribution in [0.4, 0.5) is 14.5 Å². The normalized spacial score (nSPS) is 18.6. The van der Waals surface area contributed by atoms with E-state index in [2.05, 4.69) is 37.2 Å². The fourth-order valence-electron chi connectivity index (χ4n) is 5.46. The number of nitrogens with zero attached hydrogens (tertiary/aromatic N) is 7. The number of nitrogens with one attached hydrogen (secondary N) is 3. The highest BCUT2D eigenvalue weighted by molar-refractivity contribution is 6.31. The van der Waals surface area contributed by atoms with Crippen molar-refractivity contribution >= 4 is 35.2 Å². The number of halogens is 3. The Balaban J connectivity index is 1.29. The molecule has 0 saturated carbocycles. The van der Waals surface area contributed by atoms with Crippen LogP contribution in [0.25, 0.3) is 23.0 Å². The first kappa shape index (κ1) is 29.9. The molecule has 4 heterocycles. The molecule has 1 fully saturated rings. The number of carbonyl (C=O) groups excluding carboxylic acids is 2. The standard InChI is InChI=1S/C30H27ClF2N10O2/c31-20-10-11-25(43-16-35-40-41-43)19(27(20)33)9-12-26(44)37-22-7-3-4-8-23(30(45)42-14-17(32)15-42)36-21-6-2-1-5-18(21)28-24(13-34)38-29(22)39-28/h1-2,5-6,9-12,16-17,22-23,36H,3-4,7-8,14-15H2,(H,37,44)(H,38,39)/b12-9+/t22-,23+/m0/s1. The lowest BCUT2D eigenvalue weighted by Crippen LogP contribution is -2.56. The van der Waals surface area contributed by atoms with E-state index in [-0.39, 0.29) is 41.0 Å². The Bertz CT molecular complexity index is 1800. The SMILES string of the molecule is N#Cc1[nH]c2nc1-c1ccccc1N[C@@H](C(=O)N1CC(F)C1)CCCC[C@@H]2NC(=O)/C=C/c1c(-n2cnnn2)ccc(Cl)c1F. The summed E-state index contributed by atoms with van der Waals surface area (Å²) in [4.78, 5) is 35.7. The van der Waals surface area contributed by atoms with Gasteiger partial charge in [-0.15, -0.1) is 5.10 Å². The molecule has 2 aromatic heterocycles. The van der Waals surface area contributed by atoms with Crippen LogP contribution in [0.1, 0.15) is 48.8 Å². The van der Waals surface area contributed by atoms with Crippen LogP contribution >= 0.6 is 11.6 Å². The number of amides is 2. The third-order valence-electron chi connectivity index (χ3n) is 7.78. The molecule has 2 atom stereocenters. The molecule has 0 unspecified atom stereocenters. The van der Waals surface area contributed by atoms with E-state index in [0.717, 1.165) is 0 Å². The molecule has 2 aliphatic rings. The summed E-state index contributed by atoms with van der Waals surface area (Å²) in [6, 6.07) is 11.0. The van der Waals surface area contributed by atoms with Gasteiger partial charge in [-0.05, 0) is 47.5 Å². The second-order valence-electron chi connectivity index (χ2n) is 10.8. The zero-order chi connectivity index (χ0) is 31.5. The zero-order valence-corrected chi connectivity index (χ0v) is 24.5. The van der Waals surface area contributed by atoms with Crippen LogP contribution in [0.2, 0.25) is 5.02 Å². The fraction of sp³-hybridized carbons (Fsp3) is 0.300. The topological polar surface area (TPSA) is 158 Å². The molecule has 4 aromatic rings. The molecule has 6 rings (SSSR count). The largest absolute Gasteiger partial charge is 0.373 e. The molecular formula is C30H27ClF2N10O2. The van der Waals surface area contributed by atoms with Crippen molar-refractivity contribution in [2.45, 2.75) is 43.9 Å². The Hall–Kier alpha value is -5.16. The van der Waals surface area contributed by atoms with E-state index in [1.165, 1.54) is 40.2 Å². The highest BCUT2D eigenvalue weighted by atomic mass is 35.5. The molecule has 3 N–H and O–H groups in total. The Morgan fingerprint density at radius 2 is 1.96 bits per heavy atom. The van der Waals surface area contributed by atoms with Crippen LogP contribution < -0.4 is 10.6 Å². The average Bonchev–Trinajstić information content (AvgIpc) is 3.71. The maximum atomic E-state index is 15.0. The molecule has 2 amide bonds. The van der Waals surface area contributed by atoms with Crippen molar-refractivity contribution in [3.8, 4) is 23.0 Å². The van der Waals surface area contributed by atoms with Crippen molar-refractivity contribution in [2.24, 2.45) is 0 Å². The van der Waals surface area contributed by atoms with Gasteiger partial charge in [0.2, 0.25) is 11.8 Å². The molecule has 12 nitrogen and oxygen atoms in total. The van der Waals surface area contributed by atoms with Gasteiger partial charge < -0.3 is 20.5 Å². The van der Waals surface area contributed by atoms with Gasteiger partial charge >= 0.3 is 0 Å². The van der Waals surface area contributed by atoms with Crippen molar-refractivity contribution in [1.29, 1.82) is 5.26 Å². The number of likely N-dealkylation sites (tertiary alicyclic amines) is 1. The van der Waals surface area contributed by atoms with E-state index in [1.807, 2.05) is 6.07 Å². The number of H-pyrrole nitrogens is 1. The highest BCUT2D eigenvalue weighted by Gasteiger charge is 2.35. The minimum Gasteiger partial charge on any atom is -0.373 e. The van der Waals surface area contributed by atoms with Crippen molar-refractivity contribution in [3.63, 3.8) is 0 Å². The monoisotopic (exact) mass is 632 g/mol. The molecule has 2 bridgehead atoms. The number of benzene rings is 2. The summed E-state index contributed by atoms with van der Waals surface area (Å²) >= 11 is 6.01. The summed E-state index contributed by atoms with van der Waals surface area (Å²) in [5, 5.41) is 27.0. The summed E-state index contributed by atoms with van der Waals surface area (Å²) in [6.45, 7) is 0.135. The zero-order valence-electron chi connectivity index (χ0n) is 23.8. The van der Waals surface area contributed by atoms with Crippen molar-refractivity contribution in [2.75, 3.05) is 18.4 Å². The van der Waals surface area contributed by atoms with Crippen molar-refractivity contribution < 1.29 is 18.4 Å². The number of rotatable bonds is 5. The van der Waals surface area contributed by atoms with E-state index in [1.54, 1.807) is 18.2 Å². The average molecular weight is 633 g/mol. The molecule has 15 heteroatoms. The molecule has 1 saturated heterocycles. The van der Waals surface area contributed by atoms with Crippen LogP contribution in [0, 0.1) is 17.1 Å². The van der Waals surface area contributed by atoms with Gasteiger partial charge in [-0.3, -0.25) is 9.59 Å². The Labute approximate surface area is 261 Å². The third kappa shape index (κ3) is 6.25. The number of carbonyl (C=O) groups is 2. The maximum Gasteiger partial charge on any atom is 0.245 e. The summed E-state index contributed by atoms with van der Waals surface area (Å²) in [7, 11) is 0. The number of aromatic amines is 1. The van der Waals surface area contributed by atoms with Gasteiger partial charge in [0.1, 0.15) is 41.8 Å². The summed E-state index contributed by atoms with van der Waals surface area (Å²) in [6.07, 6.45) is 4.84. The first-order chi connectivity index (χ1) is 21.8. The highest BCUT2D eigenvalue weighted by Crippen LogP contribution is 2.33. The summed E-state index contributed by atoms with van der Waals surface area (Å²) in [5.41, 5.74) is 2.04. The molecule has 0 radical (unpaired) electrons. The van der Waals surface area contributed by atoms with Crippen LogP contribution in [0.3, 0.4) is 0 Å². The van der Waals surface area contributed by atoms with Crippen LogP contribution in [-0.4, -0.2) is 72.2 Å². The van der Waals surface area contributed by atoms with E-state index >= 15 is 4.39 Å². The maximum absolute atomic E-state index is 15.0. The van der Waals surface area contributed by atoms with Crippen molar-refractivity contribution in [3.05, 3.63) is 76.7 Å². The number of alkyl halides is 1. The Morgan fingerprint density at radius 3 is 2.71 bits per heavy atom. The number of tetrazole rings is 1. The van der Waals surface area contributed by atoms with Crippen molar-refractivity contribution in [1.82, 2.24) is 40.4 Å². The van der Waals surface area contributed by atoms with E-state index in [4.69, 9.17) is 16.6 Å². The van der Waals surface area contributed by atoms with Crippen LogP contribution in [0.5, 0.6) is 0 Å². The summed E-state index contributed by atoms with van der Waals surface area (Å²) < 4.78 is 29.8. The Morgan fingerprint density at radius 1 is 1.16 bits per heavy atom. The summed E-state index contributed by atoms with van der Waals surface area (Å²) in [5.74, 6) is -1.10. The lowest BCUT2D eigenvalue weighted by atomic mass is 10.0. The molecule has 230 valence electrons. The van der Waals surface area contributed by atoms with Crippen LogP contribution in [-0.2, 0) is 9.59 Å². The van der Waals surface area contributed by atoms with Gasteiger partial charge in [0, 0.05) is 22.9 Å². The van der Waals surface area contributed by atoms with Gasteiger partial charge in [-0.1, -0.05) is 42.6 Å². The molecular weight excluding hydrogens is 606 g/mol. The Kier molecular flexibility index (Phi) is 8.52. The quantitative estimate of drug-likeness (QED) is 0.277. The molecule has 0 spiro atoms. The molecule has 0 aliphatic carbocycles. The van der Waals surface area contributed by atoms with Crippen LogP contribution in [0.15, 0.2) is 48.8 Å². The number of aromatic nitrogens is 6. The number of para-hydroxylation sites is 1. The number of fused-ring (bicyclic) bond motifs is 4. The van der Waals surface area contributed by atoms with Gasteiger partial charge in [0.15, 0.2) is 5.82 Å². The van der Waals surface area contributed by atoms with E-state index in [0.29, 0.717) is 48.5 Å². The molecule has 2 aliphatic heterocycles. The second-order valence-corrected chi connectivity index (χ2v) is 11.2. The van der Waals surface area contributed by atoms with Gasteiger partial charge in [-0.2, -0.15) is 9.94 Å². The molecule has 2 aromatic carbocycles. The smallest absolute Gasteiger partial charge is 0.245 e. The van der Waals surface area contributed by atoms with Gasteiger partial charge in [0.25, 0.3) is 0 Å². The number of anilines is 1. The van der Waals surface area contributed by atoms with E-state index < -0.39 is 30.0 Å².